The van der Waals surface area contributed by atoms with Crippen molar-refractivity contribution in [2.45, 2.75) is 19.0 Å². The van der Waals surface area contributed by atoms with Crippen LogP contribution in [0.1, 0.15) is 18.4 Å². The lowest BCUT2D eigenvalue weighted by Crippen LogP contribution is -2.23. The lowest BCUT2D eigenvalue weighted by molar-refractivity contribution is -0.136. The minimum atomic E-state index is -4.55. The number of hydrogen-bond acceptors (Lipinski definition) is 4. The van der Waals surface area contributed by atoms with Crippen molar-refractivity contribution >= 4 is 23.4 Å². The van der Waals surface area contributed by atoms with Crippen molar-refractivity contribution in [3.05, 3.63) is 42.2 Å². The highest BCUT2D eigenvalue weighted by molar-refractivity contribution is 5.99. The molecule has 1 aromatic heterocycles. The van der Waals surface area contributed by atoms with Crippen LogP contribution in [0, 0.1) is 0 Å². The van der Waals surface area contributed by atoms with Crippen LogP contribution in [0.3, 0.4) is 0 Å². The average Bonchev–Trinajstić information content (AvgIpc) is 3.09. The number of carbonyl (C=O) groups is 1. The molecular weight excluding hydrogens is 335 g/mol. The topological polar surface area (TPSA) is 70.2 Å². The number of benzene rings is 1. The Labute approximate surface area is 142 Å². The smallest absolute Gasteiger partial charge is 0.356 e. The van der Waals surface area contributed by atoms with Crippen LogP contribution in [0.4, 0.5) is 35.3 Å². The van der Waals surface area contributed by atoms with Crippen LogP contribution in [0.15, 0.2) is 36.7 Å². The number of halogens is 3. The molecule has 3 rings (SSSR count). The van der Waals surface area contributed by atoms with Gasteiger partial charge in [-0.15, -0.1) is 0 Å². The van der Waals surface area contributed by atoms with Gasteiger partial charge in [-0.25, -0.2) is 14.8 Å². The van der Waals surface area contributed by atoms with Gasteiger partial charge in [-0.3, -0.25) is 5.32 Å². The van der Waals surface area contributed by atoms with Gasteiger partial charge < -0.3 is 10.2 Å². The second-order valence-electron chi connectivity index (χ2n) is 5.58. The molecule has 0 unspecified atom stereocenters. The van der Waals surface area contributed by atoms with Gasteiger partial charge in [0.15, 0.2) is 0 Å². The van der Waals surface area contributed by atoms with E-state index in [0.717, 1.165) is 32.0 Å². The second-order valence-corrected chi connectivity index (χ2v) is 5.58. The summed E-state index contributed by atoms with van der Waals surface area (Å²) >= 11 is 0. The first kappa shape index (κ1) is 17.0. The summed E-state index contributed by atoms with van der Waals surface area (Å²) in [5.74, 6) is 0.900. The van der Waals surface area contributed by atoms with Crippen molar-refractivity contribution < 1.29 is 18.0 Å². The first-order chi connectivity index (χ1) is 11.9. The SMILES string of the molecule is O=C(Nc1cc(N2CCCC2)ncn1)Nc1ccccc1C(F)(F)F. The maximum Gasteiger partial charge on any atom is 0.418 e. The summed E-state index contributed by atoms with van der Waals surface area (Å²) in [4.78, 5) is 22.2. The van der Waals surface area contributed by atoms with E-state index in [9.17, 15) is 18.0 Å². The Morgan fingerprint density at radius 3 is 2.52 bits per heavy atom. The standard InChI is InChI=1S/C16H16F3N5O/c17-16(18,19)11-5-1-2-6-12(11)22-15(25)23-13-9-14(21-10-20-13)24-7-3-4-8-24/h1-2,5-6,9-10H,3-4,7-8H2,(H2,20,21,22,23,25). The summed E-state index contributed by atoms with van der Waals surface area (Å²) < 4.78 is 38.9. The van der Waals surface area contributed by atoms with E-state index in [1.54, 1.807) is 6.07 Å². The highest BCUT2D eigenvalue weighted by Gasteiger charge is 2.33. The fourth-order valence-electron chi connectivity index (χ4n) is 2.64. The molecule has 0 radical (unpaired) electrons. The molecule has 0 spiro atoms. The highest BCUT2D eigenvalue weighted by atomic mass is 19.4. The molecule has 2 N–H and O–H groups in total. The molecule has 1 fully saturated rings. The van der Waals surface area contributed by atoms with Gasteiger partial charge in [-0.05, 0) is 25.0 Å². The molecule has 0 bridgehead atoms. The zero-order chi connectivity index (χ0) is 17.9. The predicted molar refractivity (Wildman–Crippen MR) is 87.6 cm³/mol. The Bertz CT molecular complexity index is 759. The largest absolute Gasteiger partial charge is 0.418 e. The van der Waals surface area contributed by atoms with Gasteiger partial charge >= 0.3 is 12.2 Å². The Balaban J connectivity index is 1.70. The fraction of sp³-hybridized carbons (Fsp3) is 0.312. The van der Waals surface area contributed by atoms with E-state index in [4.69, 9.17) is 0 Å². The van der Waals surface area contributed by atoms with Gasteiger partial charge in [0.2, 0.25) is 0 Å². The quantitative estimate of drug-likeness (QED) is 0.884. The van der Waals surface area contributed by atoms with Crippen LogP contribution in [0.25, 0.3) is 0 Å². The molecule has 1 aromatic carbocycles. The fourth-order valence-corrected chi connectivity index (χ4v) is 2.64. The van der Waals surface area contributed by atoms with Crippen molar-refractivity contribution in [3.8, 4) is 0 Å². The number of amides is 2. The molecule has 6 nitrogen and oxygen atoms in total. The Kier molecular flexibility index (Phi) is 4.73. The minimum Gasteiger partial charge on any atom is -0.356 e. The van der Waals surface area contributed by atoms with Gasteiger partial charge in [0.05, 0.1) is 11.3 Å². The number of nitrogens with zero attached hydrogens (tertiary/aromatic N) is 3. The van der Waals surface area contributed by atoms with Crippen molar-refractivity contribution in [2.75, 3.05) is 28.6 Å². The van der Waals surface area contributed by atoms with Crippen LogP contribution in [0.5, 0.6) is 0 Å². The van der Waals surface area contributed by atoms with Gasteiger partial charge in [0.25, 0.3) is 0 Å². The summed E-state index contributed by atoms with van der Waals surface area (Å²) in [6.07, 6.45) is -1.10. The van der Waals surface area contributed by atoms with E-state index in [1.807, 2.05) is 0 Å². The van der Waals surface area contributed by atoms with Gasteiger partial charge in [0, 0.05) is 19.2 Å². The number of nitrogens with one attached hydrogen (secondary N) is 2. The minimum absolute atomic E-state index is 0.221. The normalized spacial score (nSPS) is 14.4. The number of anilines is 3. The molecule has 1 aliphatic heterocycles. The van der Waals surface area contributed by atoms with Gasteiger partial charge in [-0.1, -0.05) is 12.1 Å². The molecule has 1 saturated heterocycles. The van der Waals surface area contributed by atoms with Crippen LogP contribution < -0.4 is 15.5 Å². The zero-order valence-electron chi connectivity index (χ0n) is 13.2. The highest BCUT2D eigenvalue weighted by Crippen LogP contribution is 2.34. The first-order valence-corrected chi connectivity index (χ1v) is 7.75. The molecule has 25 heavy (non-hydrogen) atoms. The van der Waals surface area contributed by atoms with Crippen molar-refractivity contribution in [2.24, 2.45) is 0 Å². The summed E-state index contributed by atoms with van der Waals surface area (Å²) in [6.45, 7) is 1.75. The van der Waals surface area contributed by atoms with E-state index in [0.29, 0.717) is 5.82 Å². The number of aromatic nitrogens is 2. The van der Waals surface area contributed by atoms with Crippen LogP contribution in [0.2, 0.25) is 0 Å². The van der Waals surface area contributed by atoms with Crippen LogP contribution >= 0.6 is 0 Å². The maximum atomic E-state index is 13.0. The van der Waals surface area contributed by atoms with Crippen LogP contribution in [-0.4, -0.2) is 29.1 Å². The number of hydrogen-bond donors (Lipinski definition) is 2. The second kappa shape index (κ2) is 6.96. The van der Waals surface area contributed by atoms with E-state index < -0.39 is 17.8 Å². The molecule has 132 valence electrons. The molecular formula is C16H16F3N5O. The zero-order valence-corrected chi connectivity index (χ0v) is 13.2. The lowest BCUT2D eigenvalue weighted by Gasteiger charge is -2.17. The summed E-state index contributed by atoms with van der Waals surface area (Å²) in [7, 11) is 0. The van der Waals surface area contributed by atoms with Gasteiger partial charge in [-0.2, -0.15) is 13.2 Å². The van der Waals surface area contributed by atoms with Crippen molar-refractivity contribution in [3.63, 3.8) is 0 Å². The van der Waals surface area contributed by atoms with Gasteiger partial charge in [0.1, 0.15) is 18.0 Å². The average molecular weight is 351 g/mol. The van der Waals surface area contributed by atoms with E-state index in [1.165, 1.54) is 24.5 Å². The summed E-state index contributed by atoms with van der Waals surface area (Å²) in [5.41, 5.74) is -1.23. The summed E-state index contributed by atoms with van der Waals surface area (Å²) in [6, 6.07) is 5.58. The predicted octanol–water partition coefficient (Wildman–Crippen LogP) is 3.74. The molecule has 0 aliphatic carbocycles. The first-order valence-electron chi connectivity index (χ1n) is 7.75. The Morgan fingerprint density at radius 2 is 1.80 bits per heavy atom. The third-order valence-corrected chi connectivity index (χ3v) is 3.80. The maximum absolute atomic E-state index is 13.0. The number of rotatable bonds is 3. The number of urea groups is 1. The Morgan fingerprint density at radius 1 is 1.08 bits per heavy atom. The number of carbonyl (C=O) groups excluding carboxylic acids is 1. The monoisotopic (exact) mass is 351 g/mol. The Hall–Kier alpha value is -2.84. The lowest BCUT2D eigenvalue weighted by atomic mass is 10.1. The van der Waals surface area contributed by atoms with Crippen molar-refractivity contribution in [1.29, 1.82) is 0 Å². The number of alkyl halides is 3. The molecule has 2 aromatic rings. The third kappa shape index (κ3) is 4.17. The van der Waals surface area contributed by atoms with E-state index in [2.05, 4.69) is 25.5 Å². The van der Waals surface area contributed by atoms with E-state index in [-0.39, 0.29) is 11.5 Å². The molecule has 9 heteroatoms. The molecule has 2 heterocycles. The van der Waals surface area contributed by atoms with Crippen molar-refractivity contribution in [1.82, 2.24) is 9.97 Å². The van der Waals surface area contributed by atoms with Crippen LogP contribution in [-0.2, 0) is 6.18 Å². The summed E-state index contributed by atoms with van der Waals surface area (Å²) in [5, 5.41) is 4.65. The molecule has 2 amide bonds. The molecule has 1 aliphatic rings. The number of para-hydroxylation sites is 1. The molecule has 0 atom stereocenters. The van der Waals surface area contributed by atoms with E-state index >= 15 is 0 Å². The molecule has 0 saturated carbocycles. The third-order valence-electron chi connectivity index (χ3n) is 3.80.